The molecule has 0 saturated heterocycles. The minimum Gasteiger partial charge on any atom is -0.349 e. The molecule has 1 atom stereocenters. The second-order valence-corrected chi connectivity index (χ2v) is 10.2. The smallest absolute Gasteiger partial charge is 0.261 e. The SMILES string of the molecule is CSC[C@H](C)NC(=O)c1c(Cl)cccc1C(=O)Nc1ccc(CN2C(=O)c3ccccc3C2=O)cc1Cl. The summed E-state index contributed by atoms with van der Waals surface area (Å²) in [6, 6.07) is 16.0. The van der Waals surface area contributed by atoms with Crippen LogP contribution in [0.4, 0.5) is 5.69 Å². The molecule has 0 spiro atoms. The number of halogens is 2. The Morgan fingerprint density at radius 2 is 1.59 bits per heavy atom. The average molecular weight is 556 g/mol. The predicted molar refractivity (Wildman–Crippen MR) is 147 cm³/mol. The number of hydrogen-bond donors (Lipinski definition) is 2. The first kappa shape index (κ1) is 26.7. The number of nitrogens with one attached hydrogen (secondary N) is 2. The summed E-state index contributed by atoms with van der Waals surface area (Å²) in [6.45, 7) is 1.90. The van der Waals surface area contributed by atoms with Gasteiger partial charge >= 0.3 is 0 Å². The molecule has 0 aliphatic carbocycles. The Kier molecular flexibility index (Phi) is 8.22. The molecular formula is C27H23Cl2N3O4S. The lowest BCUT2D eigenvalue weighted by Crippen LogP contribution is -2.35. The minimum absolute atomic E-state index is 0.0349. The maximum Gasteiger partial charge on any atom is 0.261 e. The van der Waals surface area contributed by atoms with Crippen molar-refractivity contribution in [2.24, 2.45) is 0 Å². The van der Waals surface area contributed by atoms with Gasteiger partial charge in [-0.15, -0.1) is 0 Å². The number of imide groups is 1. The topological polar surface area (TPSA) is 95.6 Å². The van der Waals surface area contributed by atoms with E-state index >= 15 is 0 Å². The van der Waals surface area contributed by atoms with E-state index in [4.69, 9.17) is 23.2 Å². The average Bonchev–Trinajstić information content (AvgIpc) is 3.10. The van der Waals surface area contributed by atoms with Gasteiger partial charge in [-0.1, -0.05) is 47.5 Å². The Balaban J connectivity index is 1.50. The molecule has 7 nitrogen and oxygen atoms in total. The molecule has 4 rings (SSSR count). The van der Waals surface area contributed by atoms with Crippen LogP contribution < -0.4 is 10.6 Å². The van der Waals surface area contributed by atoms with Crippen molar-refractivity contribution in [2.75, 3.05) is 17.3 Å². The highest BCUT2D eigenvalue weighted by molar-refractivity contribution is 7.98. The lowest BCUT2D eigenvalue weighted by molar-refractivity contribution is 0.0641. The van der Waals surface area contributed by atoms with Gasteiger partial charge in [-0.2, -0.15) is 11.8 Å². The molecule has 0 unspecified atom stereocenters. The molecule has 4 amide bonds. The summed E-state index contributed by atoms with van der Waals surface area (Å²) >= 11 is 14.3. The summed E-state index contributed by atoms with van der Waals surface area (Å²) in [5.41, 5.74) is 1.84. The Morgan fingerprint density at radius 3 is 2.22 bits per heavy atom. The molecule has 0 fully saturated rings. The Morgan fingerprint density at radius 1 is 0.919 bits per heavy atom. The van der Waals surface area contributed by atoms with Crippen molar-refractivity contribution in [1.29, 1.82) is 0 Å². The quantitative estimate of drug-likeness (QED) is 0.356. The predicted octanol–water partition coefficient (Wildman–Crippen LogP) is 5.52. The van der Waals surface area contributed by atoms with Gasteiger partial charge in [0.2, 0.25) is 0 Å². The molecule has 37 heavy (non-hydrogen) atoms. The van der Waals surface area contributed by atoms with Crippen LogP contribution in [0.5, 0.6) is 0 Å². The molecule has 1 heterocycles. The largest absolute Gasteiger partial charge is 0.349 e. The van der Waals surface area contributed by atoms with E-state index in [1.165, 1.54) is 6.07 Å². The number of benzene rings is 3. The van der Waals surface area contributed by atoms with Crippen LogP contribution in [0, 0.1) is 0 Å². The van der Waals surface area contributed by atoms with Crippen LogP contribution in [0.1, 0.15) is 53.9 Å². The molecule has 3 aromatic rings. The van der Waals surface area contributed by atoms with Gasteiger partial charge in [-0.25, -0.2) is 0 Å². The molecule has 1 aliphatic rings. The number of rotatable bonds is 8. The second-order valence-electron chi connectivity index (χ2n) is 8.50. The lowest BCUT2D eigenvalue weighted by Gasteiger charge is -2.17. The summed E-state index contributed by atoms with van der Waals surface area (Å²) in [5.74, 6) is -1.03. The molecule has 0 bridgehead atoms. The van der Waals surface area contributed by atoms with E-state index in [0.29, 0.717) is 28.1 Å². The van der Waals surface area contributed by atoms with Gasteiger partial charge in [0.25, 0.3) is 23.6 Å². The van der Waals surface area contributed by atoms with Crippen LogP contribution >= 0.6 is 35.0 Å². The van der Waals surface area contributed by atoms with Gasteiger partial charge in [0, 0.05) is 11.8 Å². The number of carbonyl (C=O) groups excluding carboxylic acids is 4. The molecule has 10 heteroatoms. The monoisotopic (exact) mass is 555 g/mol. The molecule has 2 N–H and O–H groups in total. The molecular weight excluding hydrogens is 533 g/mol. The van der Waals surface area contributed by atoms with Crippen LogP contribution in [0.3, 0.4) is 0 Å². The maximum atomic E-state index is 13.1. The summed E-state index contributed by atoms with van der Waals surface area (Å²) in [5, 5.41) is 5.94. The third-order valence-corrected chi connectivity index (χ3v) is 7.24. The molecule has 190 valence electrons. The van der Waals surface area contributed by atoms with Crippen molar-refractivity contribution in [1.82, 2.24) is 10.2 Å². The van der Waals surface area contributed by atoms with E-state index in [-0.39, 0.29) is 45.6 Å². The van der Waals surface area contributed by atoms with Crippen molar-refractivity contribution in [3.05, 3.63) is 98.5 Å². The number of anilines is 1. The fourth-order valence-electron chi connectivity index (χ4n) is 4.05. The Labute approximate surface area is 228 Å². The van der Waals surface area contributed by atoms with E-state index in [1.54, 1.807) is 66.4 Å². The zero-order valence-corrected chi connectivity index (χ0v) is 22.3. The van der Waals surface area contributed by atoms with Crippen molar-refractivity contribution < 1.29 is 19.2 Å². The number of amides is 4. The van der Waals surface area contributed by atoms with Crippen molar-refractivity contribution in [3.8, 4) is 0 Å². The van der Waals surface area contributed by atoms with E-state index in [2.05, 4.69) is 10.6 Å². The van der Waals surface area contributed by atoms with Crippen LogP contribution in [0.25, 0.3) is 0 Å². The van der Waals surface area contributed by atoms with Gasteiger partial charge in [0.1, 0.15) is 0 Å². The van der Waals surface area contributed by atoms with Gasteiger partial charge in [-0.05, 0) is 55.1 Å². The van der Waals surface area contributed by atoms with E-state index < -0.39 is 11.8 Å². The molecule has 1 aliphatic heterocycles. The van der Waals surface area contributed by atoms with Crippen molar-refractivity contribution >= 4 is 64.3 Å². The van der Waals surface area contributed by atoms with E-state index in [9.17, 15) is 19.2 Å². The zero-order valence-electron chi connectivity index (χ0n) is 20.0. The summed E-state index contributed by atoms with van der Waals surface area (Å²) < 4.78 is 0. The highest BCUT2D eigenvalue weighted by Gasteiger charge is 2.35. The van der Waals surface area contributed by atoms with Crippen molar-refractivity contribution in [2.45, 2.75) is 19.5 Å². The number of hydrogen-bond acceptors (Lipinski definition) is 5. The van der Waals surface area contributed by atoms with Crippen LogP contribution in [-0.4, -0.2) is 46.6 Å². The fourth-order valence-corrected chi connectivity index (χ4v) is 5.14. The van der Waals surface area contributed by atoms with Crippen LogP contribution in [0.15, 0.2) is 60.7 Å². The lowest BCUT2D eigenvalue weighted by atomic mass is 10.1. The summed E-state index contributed by atoms with van der Waals surface area (Å²) in [6.07, 6.45) is 1.94. The Bertz CT molecular complexity index is 1380. The van der Waals surface area contributed by atoms with Gasteiger partial charge < -0.3 is 10.6 Å². The first-order chi connectivity index (χ1) is 17.7. The van der Waals surface area contributed by atoms with Gasteiger partial charge in [-0.3, -0.25) is 24.1 Å². The first-order valence-corrected chi connectivity index (χ1v) is 13.5. The van der Waals surface area contributed by atoms with Crippen molar-refractivity contribution in [3.63, 3.8) is 0 Å². The standard InChI is InChI=1S/C27H23Cl2N3O4S/c1-15(14-37-2)30-25(34)23-19(8-5-9-20(23)28)24(33)31-22-11-10-16(12-21(22)29)13-32-26(35)17-6-3-4-7-18(17)27(32)36/h3-12,15H,13-14H2,1-2H3,(H,30,34)(H,31,33)/t15-/m0/s1. The first-order valence-electron chi connectivity index (χ1n) is 11.3. The Hall–Kier alpha value is -3.33. The number of fused-ring (bicyclic) bond motifs is 1. The maximum absolute atomic E-state index is 13.1. The van der Waals surface area contributed by atoms with Gasteiger partial charge in [0.15, 0.2) is 0 Å². The van der Waals surface area contributed by atoms with Gasteiger partial charge in [0.05, 0.1) is 44.5 Å². The third-order valence-electron chi connectivity index (χ3n) is 5.78. The number of carbonyl (C=O) groups is 4. The summed E-state index contributed by atoms with van der Waals surface area (Å²) in [7, 11) is 0. The van der Waals surface area contributed by atoms with E-state index in [0.717, 1.165) is 4.90 Å². The van der Waals surface area contributed by atoms with E-state index in [1.807, 2.05) is 13.2 Å². The number of nitrogens with zero attached hydrogens (tertiary/aromatic N) is 1. The highest BCUT2D eigenvalue weighted by Crippen LogP contribution is 2.29. The zero-order chi connectivity index (χ0) is 26.7. The fraction of sp³-hybridized carbons (Fsp3) is 0.185. The highest BCUT2D eigenvalue weighted by atomic mass is 35.5. The number of thioether (sulfide) groups is 1. The molecule has 3 aromatic carbocycles. The molecule has 0 saturated carbocycles. The van der Waals surface area contributed by atoms with Crippen LogP contribution in [0.2, 0.25) is 10.0 Å². The normalized spacial score (nSPS) is 13.4. The molecule has 0 radical (unpaired) electrons. The summed E-state index contributed by atoms with van der Waals surface area (Å²) in [4.78, 5) is 52.5. The third kappa shape index (κ3) is 5.66. The van der Waals surface area contributed by atoms with Crippen LogP contribution in [-0.2, 0) is 6.54 Å². The molecule has 0 aromatic heterocycles. The minimum atomic E-state index is -0.555. The second kappa shape index (κ2) is 11.4.